The molecule has 2 aromatic rings. The van der Waals surface area contributed by atoms with Crippen LogP contribution in [0.5, 0.6) is 0 Å². The Bertz CT molecular complexity index is 790. The number of sulfonamides is 1. The van der Waals surface area contributed by atoms with Crippen LogP contribution in [0.1, 0.15) is 16.1 Å². The number of nitrogens with one attached hydrogen (secondary N) is 1. The Kier molecular flexibility index (Phi) is 4.97. The molecule has 0 aliphatic rings. The zero-order valence-corrected chi connectivity index (χ0v) is 13.2. The molecule has 3 N–H and O–H groups in total. The summed E-state index contributed by atoms with van der Waals surface area (Å²) in [6, 6.07) is 5.65. The molecule has 22 heavy (non-hydrogen) atoms. The van der Waals surface area contributed by atoms with Crippen LogP contribution in [0.15, 0.2) is 39.8 Å². The maximum absolute atomic E-state index is 11.7. The van der Waals surface area contributed by atoms with Gasteiger partial charge in [0.1, 0.15) is 22.5 Å². The molecule has 0 atom stereocenters. The molecule has 2 rings (SSSR count). The first-order valence-electron chi connectivity index (χ1n) is 5.78. The summed E-state index contributed by atoms with van der Waals surface area (Å²) in [5.74, 6) is -0.359. The van der Waals surface area contributed by atoms with E-state index in [1.54, 1.807) is 12.1 Å². The van der Waals surface area contributed by atoms with Crippen molar-refractivity contribution in [1.29, 1.82) is 0 Å². The van der Waals surface area contributed by atoms with Crippen LogP contribution in [0.25, 0.3) is 0 Å². The second-order valence-electron chi connectivity index (χ2n) is 4.17. The smallest absolute Gasteiger partial charge is 0.358 e. The van der Waals surface area contributed by atoms with Gasteiger partial charge in [0, 0.05) is 0 Å². The zero-order chi connectivity index (χ0) is 16.3. The van der Waals surface area contributed by atoms with Gasteiger partial charge < -0.3 is 14.0 Å². The number of rotatable bonds is 5. The average molecular weight is 365 g/mol. The second kappa shape index (κ2) is 6.57. The number of hydrogen-bond donors (Lipinski definition) is 2. The Morgan fingerprint density at radius 1 is 1.41 bits per heavy atom. The fraction of sp³-hybridized carbons (Fsp3) is 0.0833. The molecular weight excluding hydrogens is 355 g/mol. The highest BCUT2D eigenvalue weighted by Gasteiger charge is 2.21. The Labute approximate surface area is 136 Å². The quantitative estimate of drug-likeness (QED) is 0.842. The molecule has 10 heteroatoms. The van der Waals surface area contributed by atoms with Crippen molar-refractivity contribution in [3.8, 4) is 0 Å². The van der Waals surface area contributed by atoms with Gasteiger partial charge in [-0.2, -0.15) is 0 Å². The highest BCUT2D eigenvalue weighted by molar-refractivity contribution is 7.89. The van der Waals surface area contributed by atoms with E-state index in [2.05, 4.69) is 9.61 Å². The summed E-state index contributed by atoms with van der Waals surface area (Å²) in [5, 5.41) is 7.77. The van der Waals surface area contributed by atoms with Crippen molar-refractivity contribution < 1.29 is 21.9 Å². The van der Waals surface area contributed by atoms with E-state index in [9.17, 15) is 13.2 Å². The molecule has 0 radical (unpaired) electrons. The fourth-order valence-electron chi connectivity index (χ4n) is 1.72. The molecular formula is C12H10Cl2N2O5S. The Balaban J connectivity index is 2.43. The van der Waals surface area contributed by atoms with Crippen molar-refractivity contribution in [1.82, 2.24) is 0 Å². The van der Waals surface area contributed by atoms with Crippen LogP contribution < -0.4 is 10.5 Å². The number of primary sulfonamides is 1. The van der Waals surface area contributed by atoms with Gasteiger partial charge in [-0.3, -0.25) is 0 Å². The van der Waals surface area contributed by atoms with E-state index in [0.717, 1.165) is 6.07 Å². The molecule has 0 fully saturated rings. The minimum absolute atomic E-state index is 0.130. The molecule has 0 saturated heterocycles. The number of halogens is 2. The molecule has 0 aliphatic heterocycles. The SMILES string of the molecule is NS(=O)(=O)c1cc(C(=O)OCl)c(NCc2ccco2)cc1Cl. The summed E-state index contributed by atoms with van der Waals surface area (Å²) in [7, 11) is -4.10. The predicted octanol–water partition coefficient (Wildman–Crippen LogP) is 2.50. The summed E-state index contributed by atoms with van der Waals surface area (Å²) < 4.78 is 32.1. The van der Waals surface area contributed by atoms with Crippen molar-refractivity contribution in [2.24, 2.45) is 5.14 Å². The van der Waals surface area contributed by atoms with E-state index in [0.29, 0.717) is 5.76 Å². The lowest BCUT2D eigenvalue weighted by Gasteiger charge is -2.12. The summed E-state index contributed by atoms with van der Waals surface area (Å²) in [4.78, 5) is 11.3. The molecule has 0 spiro atoms. The molecule has 0 amide bonds. The van der Waals surface area contributed by atoms with Crippen molar-refractivity contribution in [3.05, 3.63) is 46.9 Å². The van der Waals surface area contributed by atoms with Crippen LogP contribution >= 0.6 is 23.5 Å². The van der Waals surface area contributed by atoms with E-state index in [1.165, 1.54) is 12.3 Å². The van der Waals surface area contributed by atoms with Crippen LogP contribution in [0.3, 0.4) is 0 Å². The number of furan rings is 1. The molecule has 1 aromatic heterocycles. The van der Waals surface area contributed by atoms with Gasteiger partial charge in [0.15, 0.2) is 0 Å². The number of carbonyl (C=O) groups is 1. The maximum atomic E-state index is 11.7. The molecule has 0 saturated carbocycles. The topological polar surface area (TPSA) is 112 Å². The van der Waals surface area contributed by atoms with Crippen LogP contribution in [0.4, 0.5) is 5.69 Å². The lowest BCUT2D eigenvalue weighted by molar-refractivity contribution is 0.0752. The van der Waals surface area contributed by atoms with E-state index in [1.807, 2.05) is 0 Å². The summed E-state index contributed by atoms with van der Waals surface area (Å²) >= 11 is 10.9. The first kappa shape index (κ1) is 16.6. The van der Waals surface area contributed by atoms with Crippen molar-refractivity contribution in [2.45, 2.75) is 11.4 Å². The number of anilines is 1. The summed E-state index contributed by atoms with van der Waals surface area (Å²) in [6.45, 7) is 0.237. The van der Waals surface area contributed by atoms with Gasteiger partial charge in [-0.05, 0) is 24.3 Å². The zero-order valence-electron chi connectivity index (χ0n) is 10.9. The standard InChI is InChI=1S/C12H10Cl2N2O5S/c13-9-5-10(16-6-7-2-1-3-20-7)8(12(17)21-14)4-11(9)22(15,18)19/h1-5,16H,6H2,(H2,15,18,19). The van der Waals surface area contributed by atoms with Crippen molar-refractivity contribution in [3.63, 3.8) is 0 Å². The Hall–Kier alpha value is -1.74. The molecule has 0 unspecified atom stereocenters. The third-order valence-electron chi connectivity index (χ3n) is 2.70. The van der Waals surface area contributed by atoms with Gasteiger partial charge in [-0.15, -0.1) is 0 Å². The van der Waals surface area contributed by atoms with Crippen molar-refractivity contribution >= 4 is 45.1 Å². The number of carbonyl (C=O) groups excluding carboxylic acids is 1. The highest BCUT2D eigenvalue weighted by Crippen LogP contribution is 2.29. The molecule has 7 nitrogen and oxygen atoms in total. The number of nitrogens with two attached hydrogens (primary N) is 1. The van der Waals surface area contributed by atoms with Crippen LogP contribution in [0, 0.1) is 0 Å². The number of hydrogen-bond acceptors (Lipinski definition) is 6. The van der Waals surface area contributed by atoms with Gasteiger partial charge in [-0.1, -0.05) is 11.6 Å². The highest BCUT2D eigenvalue weighted by atomic mass is 35.5. The lowest BCUT2D eigenvalue weighted by atomic mass is 10.1. The molecule has 0 bridgehead atoms. The van der Waals surface area contributed by atoms with Crippen LogP contribution in [0.2, 0.25) is 5.02 Å². The van der Waals surface area contributed by atoms with Gasteiger partial charge in [0.25, 0.3) is 0 Å². The molecule has 0 aliphatic carbocycles. The van der Waals surface area contributed by atoms with E-state index < -0.39 is 20.9 Å². The van der Waals surface area contributed by atoms with E-state index in [4.69, 9.17) is 33.0 Å². The monoisotopic (exact) mass is 364 g/mol. The Morgan fingerprint density at radius 3 is 2.68 bits per heavy atom. The van der Waals surface area contributed by atoms with Crippen molar-refractivity contribution in [2.75, 3.05) is 5.32 Å². The minimum Gasteiger partial charge on any atom is -0.467 e. The van der Waals surface area contributed by atoms with E-state index >= 15 is 0 Å². The van der Waals surface area contributed by atoms with Gasteiger partial charge in [0.2, 0.25) is 10.0 Å². The first-order chi connectivity index (χ1) is 10.3. The number of benzene rings is 1. The Morgan fingerprint density at radius 2 is 2.14 bits per heavy atom. The third kappa shape index (κ3) is 3.72. The lowest BCUT2D eigenvalue weighted by Crippen LogP contribution is -2.15. The third-order valence-corrected chi connectivity index (χ3v) is 4.22. The summed E-state index contributed by atoms with van der Waals surface area (Å²) in [5.41, 5.74) is 0.0921. The molecule has 118 valence electrons. The van der Waals surface area contributed by atoms with E-state index in [-0.39, 0.29) is 22.8 Å². The van der Waals surface area contributed by atoms with Crippen LogP contribution in [-0.4, -0.2) is 14.4 Å². The van der Waals surface area contributed by atoms with Gasteiger partial charge in [0.05, 0.1) is 29.1 Å². The average Bonchev–Trinajstić information content (AvgIpc) is 2.96. The second-order valence-corrected chi connectivity index (χ2v) is 6.26. The minimum atomic E-state index is -4.10. The normalized spacial score (nSPS) is 11.2. The molecule has 1 heterocycles. The molecule has 1 aromatic carbocycles. The fourth-order valence-corrected chi connectivity index (χ4v) is 2.91. The largest absolute Gasteiger partial charge is 0.467 e. The first-order valence-corrected chi connectivity index (χ1v) is 8.01. The van der Waals surface area contributed by atoms with Gasteiger partial charge in [-0.25, -0.2) is 18.4 Å². The predicted molar refractivity (Wildman–Crippen MR) is 80.1 cm³/mol. The van der Waals surface area contributed by atoms with Crippen LogP contribution in [-0.2, 0) is 20.9 Å². The maximum Gasteiger partial charge on any atom is 0.358 e. The van der Waals surface area contributed by atoms with Gasteiger partial charge >= 0.3 is 5.97 Å². The summed E-state index contributed by atoms with van der Waals surface area (Å²) in [6.07, 6.45) is 1.49.